The van der Waals surface area contributed by atoms with Crippen molar-refractivity contribution < 1.29 is 9.18 Å². The lowest BCUT2D eigenvalue weighted by Crippen LogP contribution is -2.37. The number of nitrogens with zero attached hydrogens (tertiary/aromatic N) is 1. The highest BCUT2D eigenvalue weighted by Gasteiger charge is 2.30. The SMILES string of the molecule is C#CCN(C(=O)Nc1ccc(F)cc1)C1CCc2ccccc21. The molecule has 2 aromatic carbocycles. The average Bonchev–Trinajstić information content (AvgIpc) is 2.98. The van der Waals surface area contributed by atoms with Crippen LogP contribution in [0.1, 0.15) is 23.6 Å². The van der Waals surface area contributed by atoms with Crippen molar-refractivity contribution in [3.8, 4) is 12.3 Å². The lowest BCUT2D eigenvalue weighted by Gasteiger charge is -2.28. The van der Waals surface area contributed by atoms with Crippen molar-refractivity contribution in [2.75, 3.05) is 11.9 Å². The number of fused-ring (bicyclic) bond motifs is 1. The van der Waals surface area contributed by atoms with Gasteiger partial charge in [0.15, 0.2) is 0 Å². The van der Waals surface area contributed by atoms with E-state index in [4.69, 9.17) is 6.42 Å². The van der Waals surface area contributed by atoms with Crippen molar-refractivity contribution >= 4 is 11.7 Å². The Morgan fingerprint density at radius 1 is 1.26 bits per heavy atom. The summed E-state index contributed by atoms with van der Waals surface area (Å²) < 4.78 is 13.0. The maximum Gasteiger partial charge on any atom is 0.323 e. The number of carbonyl (C=O) groups excluding carboxylic acids is 1. The first-order valence-corrected chi connectivity index (χ1v) is 7.53. The van der Waals surface area contributed by atoms with Gasteiger partial charge in [0.05, 0.1) is 12.6 Å². The van der Waals surface area contributed by atoms with Crippen LogP contribution in [0, 0.1) is 18.2 Å². The molecule has 1 N–H and O–H groups in total. The molecule has 0 aromatic heterocycles. The van der Waals surface area contributed by atoms with E-state index < -0.39 is 0 Å². The van der Waals surface area contributed by atoms with Crippen molar-refractivity contribution in [2.45, 2.75) is 18.9 Å². The van der Waals surface area contributed by atoms with Crippen LogP contribution in [0.15, 0.2) is 48.5 Å². The van der Waals surface area contributed by atoms with Gasteiger partial charge in [0, 0.05) is 5.69 Å². The molecule has 2 aromatic rings. The predicted molar refractivity (Wildman–Crippen MR) is 88.5 cm³/mol. The molecule has 1 unspecified atom stereocenters. The molecule has 0 saturated carbocycles. The van der Waals surface area contributed by atoms with Gasteiger partial charge in [0.1, 0.15) is 5.82 Å². The third-order valence-electron chi connectivity index (χ3n) is 4.10. The number of hydrogen-bond donors (Lipinski definition) is 1. The minimum atomic E-state index is -0.340. The molecule has 0 radical (unpaired) electrons. The molecule has 116 valence electrons. The van der Waals surface area contributed by atoms with Crippen molar-refractivity contribution in [2.24, 2.45) is 0 Å². The monoisotopic (exact) mass is 308 g/mol. The lowest BCUT2D eigenvalue weighted by atomic mass is 10.1. The summed E-state index contributed by atoms with van der Waals surface area (Å²) in [6.45, 7) is 0.228. The zero-order valence-corrected chi connectivity index (χ0v) is 12.6. The molecule has 1 aliphatic rings. The Labute approximate surface area is 135 Å². The van der Waals surface area contributed by atoms with E-state index in [9.17, 15) is 9.18 Å². The molecule has 0 saturated heterocycles. The zero-order valence-electron chi connectivity index (χ0n) is 12.6. The van der Waals surface area contributed by atoms with E-state index in [1.807, 2.05) is 18.2 Å². The van der Waals surface area contributed by atoms with Crippen LogP contribution in [0.5, 0.6) is 0 Å². The van der Waals surface area contributed by atoms with Crippen LogP contribution in [-0.2, 0) is 6.42 Å². The highest BCUT2D eigenvalue weighted by molar-refractivity contribution is 5.89. The average molecular weight is 308 g/mol. The Balaban J connectivity index is 1.80. The number of urea groups is 1. The third kappa shape index (κ3) is 3.19. The predicted octanol–water partition coefficient (Wildman–Crippen LogP) is 3.98. The van der Waals surface area contributed by atoms with E-state index in [1.165, 1.54) is 29.8 Å². The normalized spacial score (nSPS) is 15.6. The molecule has 2 amide bonds. The van der Waals surface area contributed by atoms with E-state index in [0.717, 1.165) is 18.4 Å². The summed E-state index contributed by atoms with van der Waals surface area (Å²) >= 11 is 0. The molecule has 1 aliphatic carbocycles. The van der Waals surface area contributed by atoms with Gasteiger partial charge in [-0.3, -0.25) is 0 Å². The van der Waals surface area contributed by atoms with Crippen LogP contribution in [0.2, 0.25) is 0 Å². The van der Waals surface area contributed by atoms with E-state index in [-0.39, 0.29) is 24.4 Å². The van der Waals surface area contributed by atoms with Crippen LogP contribution in [-0.4, -0.2) is 17.5 Å². The molecule has 3 rings (SSSR count). The summed E-state index contributed by atoms with van der Waals surface area (Å²) in [4.78, 5) is 14.3. The second kappa shape index (κ2) is 6.53. The first-order valence-electron chi connectivity index (χ1n) is 7.53. The van der Waals surface area contributed by atoms with Crippen molar-refractivity contribution in [1.29, 1.82) is 0 Å². The number of nitrogens with one attached hydrogen (secondary N) is 1. The smallest absolute Gasteiger partial charge is 0.308 e. The van der Waals surface area contributed by atoms with Crippen LogP contribution in [0.3, 0.4) is 0 Å². The Bertz CT molecular complexity index is 749. The molecule has 4 heteroatoms. The van der Waals surface area contributed by atoms with E-state index >= 15 is 0 Å². The van der Waals surface area contributed by atoms with E-state index in [1.54, 1.807) is 4.90 Å². The van der Waals surface area contributed by atoms with Crippen LogP contribution < -0.4 is 5.32 Å². The topological polar surface area (TPSA) is 32.3 Å². The largest absolute Gasteiger partial charge is 0.323 e. The number of amides is 2. The van der Waals surface area contributed by atoms with Gasteiger partial charge in [-0.15, -0.1) is 6.42 Å². The van der Waals surface area contributed by atoms with Crippen molar-refractivity contribution in [3.63, 3.8) is 0 Å². The molecule has 0 fully saturated rings. The fourth-order valence-electron chi connectivity index (χ4n) is 3.01. The van der Waals surface area contributed by atoms with Crippen LogP contribution >= 0.6 is 0 Å². The molecule has 0 heterocycles. The molecule has 23 heavy (non-hydrogen) atoms. The van der Waals surface area contributed by atoms with Gasteiger partial charge in [-0.25, -0.2) is 9.18 Å². The Morgan fingerprint density at radius 3 is 2.74 bits per heavy atom. The summed E-state index contributed by atoms with van der Waals surface area (Å²) in [5.74, 6) is 2.22. The molecular formula is C19H17FN2O. The Hall–Kier alpha value is -2.80. The molecule has 0 aliphatic heterocycles. The van der Waals surface area contributed by atoms with Crippen molar-refractivity contribution in [1.82, 2.24) is 4.90 Å². The molecule has 0 spiro atoms. The highest BCUT2D eigenvalue weighted by atomic mass is 19.1. The summed E-state index contributed by atoms with van der Waals surface area (Å²) in [5.41, 5.74) is 2.95. The van der Waals surface area contributed by atoms with Crippen molar-refractivity contribution in [3.05, 3.63) is 65.5 Å². The van der Waals surface area contributed by atoms with Gasteiger partial charge in [-0.05, 0) is 48.2 Å². The number of rotatable bonds is 3. The van der Waals surface area contributed by atoms with Gasteiger partial charge in [0.25, 0.3) is 0 Å². The molecule has 3 nitrogen and oxygen atoms in total. The maximum atomic E-state index is 13.0. The zero-order chi connectivity index (χ0) is 16.2. The summed E-state index contributed by atoms with van der Waals surface area (Å²) in [6, 6.07) is 13.5. The molecule has 1 atom stereocenters. The Kier molecular flexibility index (Phi) is 4.29. The summed E-state index contributed by atoms with van der Waals surface area (Å²) in [5, 5.41) is 2.79. The van der Waals surface area contributed by atoms with Gasteiger partial charge in [-0.2, -0.15) is 0 Å². The third-order valence-corrected chi connectivity index (χ3v) is 4.10. The van der Waals surface area contributed by atoms with Crippen LogP contribution in [0.25, 0.3) is 0 Å². The fourth-order valence-corrected chi connectivity index (χ4v) is 3.01. The number of halogens is 1. The number of benzene rings is 2. The Morgan fingerprint density at radius 2 is 2.00 bits per heavy atom. The molecule has 0 bridgehead atoms. The second-order valence-corrected chi connectivity index (χ2v) is 5.52. The number of anilines is 1. The van der Waals surface area contributed by atoms with Crippen LogP contribution in [0.4, 0.5) is 14.9 Å². The number of aryl methyl sites for hydroxylation is 1. The quantitative estimate of drug-likeness (QED) is 0.855. The van der Waals surface area contributed by atoms with Gasteiger partial charge < -0.3 is 10.2 Å². The minimum absolute atomic E-state index is 0.0253. The minimum Gasteiger partial charge on any atom is -0.308 e. The number of carbonyl (C=O) groups is 1. The van der Waals surface area contributed by atoms with Gasteiger partial charge >= 0.3 is 6.03 Å². The van der Waals surface area contributed by atoms with Gasteiger partial charge in [0.2, 0.25) is 0 Å². The maximum absolute atomic E-state index is 13.0. The summed E-state index contributed by atoms with van der Waals surface area (Å²) in [6.07, 6.45) is 7.24. The standard InChI is InChI=1S/C19H17FN2O/c1-2-13-22(18-12-7-14-5-3-4-6-17(14)18)19(23)21-16-10-8-15(20)9-11-16/h1,3-6,8-11,18H,7,12-13H2,(H,21,23). The number of terminal acetylenes is 1. The highest BCUT2D eigenvalue weighted by Crippen LogP contribution is 2.35. The lowest BCUT2D eigenvalue weighted by molar-refractivity contribution is 0.197. The van der Waals surface area contributed by atoms with E-state index in [2.05, 4.69) is 17.3 Å². The fraction of sp³-hybridized carbons (Fsp3) is 0.211. The summed E-state index contributed by atoms with van der Waals surface area (Å²) in [7, 11) is 0. The first-order chi connectivity index (χ1) is 11.2. The van der Waals surface area contributed by atoms with Gasteiger partial charge in [-0.1, -0.05) is 30.2 Å². The number of hydrogen-bond acceptors (Lipinski definition) is 1. The molecular weight excluding hydrogens is 291 g/mol. The second-order valence-electron chi connectivity index (χ2n) is 5.52. The first kappa shape index (κ1) is 15.1. The van der Waals surface area contributed by atoms with E-state index in [0.29, 0.717) is 5.69 Å².